The number of nitrogens with zero attached hydrogens (tertiary/aromatic N) is 1. The minimum Gasteiger partial charge on any atom is -0.309 e. The molecular weight excluding hydrogens is 418 g/mol. The van der Waals surface area contributed by atoms with Crippen LogP contribution in [0.4, 0.5) is 0 Å². The highest BCUT2D eigenvalue weighted by atomic mass is 32.1. The molecule has 0 N–H and O–H groups in total. The third-order valence-electron chi connectivity index (χ3n) is 6.30. The first-order valence-electron chi connectivity index (χ1n) is 11.2. The van der Waals surface area contributed by atoms with Crippen LogP contribution in [0, 0.1) is 0 Å². The molecule has 4 aromatic carbocycles. The van der Waals surface area contributed by atoms with Crippen molar-refractivity contribution in [1.29, 1.82) is 0 Å². The maximum Gasteiger partial charge on any atom is 0.0634 e. The predicted molar refractivity (Wildman–Crippen MR) is 146 cm³/mol. The second-order valence-electron chi connectivity index (χ2n) is 8.18. The fraction of sp³-hybridized carbons (Fsp3) is 0.0323. The molecule has 6 aromatic rings. The van der Waals surface area contributed by atoms with Gasteiger partial charge in [-0.15, -0.1) is 11.3 Å². The first-order chi connectivity index (χ1) is 16.3. The molecule has 0 aliphatic carbocycles. The van der Waals surface area contributed by atoms with Crippen molar-refractivity contribution in [2.45, 2.75) is 6.92 Å². The van der Waals surface area contributed by atoms with Crippen molar-refractivity contribution in [2.75, 3.05) is 0 Å². The van der Waals surface area contributed by atoms with Gasteiger partial charge in [-0.25, -0.2) is 0 Å². The van der Waals surface area contributed by atoms with E-state index in [-0.39, 0.29) is 0 Å². The first kappa shape index (κ1) is 19.8. The summed E-state index contributed by atoms with van der Waals surface area (Å²) in [7, 11) is 0. The Labute approximate surface area is 197 Å². The van der Waals surface area contributed by atoms with Crippen LogP contribution in [0.3, 0.4) is 0 Å². The molecule has 0 aliphatic rings. The Bertz CT molecular complexity index is 1660. The van der Waals surface area contributed by atoms with Crippen LogP contribution in [-0.4, -0.2) is 4.57 Å². The van der Waals surface area contributed by atoms with Crippen LogP contribution in [0.5, 0.6) is 0 Å². The van der Waals surface area contributed by atoms with Crippen molar-refractivity contribution < 1.29 is 0 Å². The van der Waals surface area contributed by atoms with Crippen molar-refractivity contribution in [1.82, 2.24) is 4.57 Å². The van der Waals surface area contributed by atoms with Gasteiger partial charge in [0.2, 0.25) is 0 Å². The molecule has 0 spiro atoms. The van der Waals surface area contributed by atoms with Crippen LogP contribution in [0.2, 0.25) is 0 Å². The topological polar surface area (TPSA) is 4.93 Å². The molecule has 2 aromatic heterocycles. The van der Waals surface area contributed by atoms with Gasteiger partial charge in [0.25, 0.3) is 0 Å². The van der Waals surface area contributed by atoms with Crippen LogP contribution >= 0.6 is 11.3 Å². The number of hydrogen-bond acceptors (Lipinski definition) is 1. The highest BCUT2D eigenvalue weighted by molar-refractivity contribution is 7.20. The van der Waals surface area contributed by atoms with Gasteiger partial charge in [0.15, 0.2) is 0 Å². The number of rotatable bonds is 4. The summed E-state index contributed by atoms with van der Waals surface area (Å²) in [4.78, 5) is 1.21. The van der Waals surface area contributed by atoms with E-state index in [1.54, 1.807) is 0 Å². The molecule has 0 amide bonds. The average Bonchev–Trinajstić information content (AvgIpc) is 3.40. The molecular formula is C31H23NS. The Kier molecular flexibility index (Phi) is 4.74. The normalized spacial score (nSPS) is 11.8. The molecule has 0 aliphatic heterocycles. The molecule has 0 saturated heterocycles. The van der Waals surface area contributed by atoms with Crippen molar-refractivity contribution >= 4 is 55.4 Å². The van der Waals surface area contributed by atoms with Gasteiger partial charge in [-0.2, -0.15) is 0 Å². The summed E-state index contributed by atoms with van der Waals surface area (Å²) in [5.41, 5.74) is 7.37. The molecule has 0 saturated carbocycles. The van der Waals surface area contributed by atoms with Gasteiger partial charge in [-0.3, -0.25) is 0 Å². The number of fused-ring (bicyclic) bond motifs is 5. The van der Waals surface area contributed by atoms with Crippen LogP contribution in [0.25, 0.3) is 60.9 Å². The van der Waals surface area contributed by atoms with Gasteiger partial charge in [-0.1, -0.05) is 91.5 Å². The summed E-state index contributed by atoms with van der Waals surface area (Å²) in [6.07, 6.45) is 6.32. The minimum absolute atomic E-state index is 1.17. The zero-order valence-corrected chi connectivity index (χ0v) is 19.3. The fourth-order valence-electron chi connectivity index (χ4n) is 4.87. The van der Waals surface area contributed by atoms with E-state index < -0.39 is 0 Å². The van der Waals surface area contributed by atoms with E-state index in [1.807, 2.05) is 17.4 Å². The van der Waals surface area contributed by atoms with Gasteiger partial charge >= 0.3 is 0 Å². The maximum absolute atomic E-state index is 4.08. The lowest BCUT2D eigenvalue weighted by atomic mass is 10.0. The lowest BCUT2D eigenvalue weighted by Crippen LogP contribution is -1.94. The second-order valence-corrected chi connectivity index (χ2v) is 9.27. The van der Waals surface area contributed by atoms with Crippen molar-refractivity contribution in [3.8, 4) is 16.8 Å². The monoisotopic (exact) mass is 441 g/mol. The zero-order chi connectivity index (χ0) is 22.4. The van der Waals surface area contributed by atoms with Crippen LogP contribution in [0.1, 0.15) is 17.4 Å². The molecule has 6 rings (SSSR count). The van der Waals surface area contributed by atoms with Gasteiger partial charge < -0.3 is 4.57 Å². The summed E-state index contributed by atoms with van der Waals surface area (Å²) in [6, 6.07) is 32.7. The van der Waals surface area contributed by atoms with E-state index in [0.29, 0.717) is 0 Å². The summed E-state index contributed by atoms with van der Waals surface area (Å²) in [5, 5.41) is 3.86. The second kappa shape index (κ2) is 7.91. The van der Waals surface area contributed by atoms with Gasteiger partial charge in [0.05, 0.1) is 11.0 Å². The van der Waals surface area contributed by atoms with E-state index in [1.165, 1.54) is 59.1 Å². The summed E-state index contributed by atoms with van der Waals surface area (Å²) in [6.45, 7) is 6.16. The van der Waals surface area contributed by atoms with Crippen molar-refractivity contribution in [2.24, 2.45) is 0 Å². The van der Waals surface area contributed by atoms with Crippen LogP contribution in [0.15, 0.2) is 104 Å². The Morgan fingerprint density at radius 2 is 1.48 bits per heavy atom. The Hall–Kier alpha value is -3.88. The number of aromatic nitrogens is 1. The summed E-state index contributed by atoms with van der Waals surface area (Å²) >= 11 is 1.81. The van der Waals surface area contributed by atoms with Crippen molar-refractivity contribution in [3.63, 3.8) is 0 Å². The van der Waals surface area contributed by atoms with E-state index in [0.717, 1.165) is 0 Å². The Morgan fingerprint density at radius 3 is 2.24 bits per heavy atom. The van der Waals surface area contributed by atoms with E-state index in [9.17, 15) is 0 Å². The zero-order valence-electron chi connectivity index (χ0n) is 18.5. The smallest absolute Gasteiger partial charge is 0.0634 e. The van der Waals surface area contributed by atoms with Crippen molar-refractivity contribution in [3.05, 3.63) is 114 Å². The number of para-hydroxylation sites is 1. The largest absolute Gasteiger partial charge is 0.309 e. The molecule has 0 bridgehead atoms. The molecule has 0 fully saturated rings. The van der Waals surface area contributed by atoms with Gasteiger partial charge in [0, 0.05) is 37.0 Å². The fourth-order valence-corrected chi connectivity index (χ4v) is 5.91. The maximum atomic E-state index is 4.08. The predicted octanol–water partition coefficient (Wildman–Crippen LogP) is 9.34. The van der Waals surface area contributed by atoms with Gasteiger partial charge in [-0.05, 0) is 42.3 Å². The standard InChI is InChI=1S/C31H23NS/c1-3-10-26-28(4-2)33-29-20-19-25-24-13-8-9-14-27(24)32(31(25)30(26)29)23-17-15-22(16-18-23)21-11-6-5-7-12-21/h3-20H,2H2,1H3/b10-3-. The Balaban J connectivity index is 1.71. The van der Waals surface area contributed by atoms with E-state index >= 15 is 0 Å². The lowest BCUT2D eigenvalue weighted by molar-refractivity contribution is 1.19. The molecule has 1 nitrogen and oxygen atoms in total. The molecule has 0 radical (unpaired) electrons. The lowest BCUT2D eigenvalue weighted by Gasteiger charge is -2.11. The third-order valence-corrected chi connectivity index (χ3v) is 7.47. The van der Waals surface area contributed by atoms with E-state index in [4.69, 9.17) is 0 Å². The molecule has 2 heterocycles. The molecule has 2 heteroatoms. The molecule has 158 valence electrons. The third kappa shape index (κ3) is 3.06. The SMILES string of the molecule is C=Cc1sc2ccc3c4ccccc4n(-c4ccc(-c5ccccc5)cc4)c3c2c1/C=C\C. The van der Waals surface area contributed by atoms with Crippen LogP contribution < -0.4 is 0 Å². The average molecular weight is 442 g/mol. The minimum atomic E-state index is 1.17. The molecule has 33 heavy (non-hydrogen) atoms. The number of benzene rings is 4. The molecule has 0 atom stereocenters. The van der Waals surface area contributed by atoms with Crippen LogP contribution in [-0.2, 0) is 0 Å². The number of thiophene rings is 1. The van der Waals surface area contributed by atoms with Gasteiger partial charge in [0.1, 0.15) is 0 Å². The highest BCUT2D eigenvalue weighted by Gasteiger charge is 2.19. The summed E-state index contributed by atoms with van der Waals surface area (Å²) < 4.78 is 3.71. The van der Waals surface area contributed by atoms with E-state index in [2.05, 4.69) is 121 Å². The summed E-state index contributed by atoms with van der Waals surface area (Å²) in [5.74, 6) is 0. The number of hydrogen-bond donors (Lipinski definition) is 0. The number of allylic oxidation sites excluding steroid dienone is 1. The molecule has 0 unspecified atom stereocenters. The quantitative estimate of drug-likeness (QED) is 0.257. The first-order valence-corrected chi connectivity index (χ1v) is 12.0. The Morgan fingerprint density at radius 1 is 0.758 bits per heavy atom. The highest BCUT2D eigenvalue weighted by Crippen LogP contribution is 2.42.